The maximum Gasteiger partial charge on any atom is 0.335 e. The lowest BCUT2D eigenvalue weighted by Gasteiger charge is -2.11. The number of rotatable bonds is 9. The van der Waals surface area contributed by atoms with E-state index in [0.29, 0.717) is 18.3 Å². The molecule has 0 aromatic carbocycles. The van der Waals surface area contributed by atoms with E-state index in [0.717, 1.165) is 18.9 Å². The molecule has 0 aliphatic rings. The molecule has 4 nitrogen and oxygen atoms in total. The van der Waals surface area contributed by atoms with Crippen LogP contribution in [0.4, 0.5) is 0 Å². The number of carboxylic acid groups (broad SMARTS) is 2. The fourth-order valence-corrected chi connectivity index (χ4v) is 1.99. The molecule has 0 unspecified atom stereocenters. The van der Waals surface area contributed by atoms with Crippen molar-refractivity contribution in [1.82, 2.24) is 0 Å². The normalized spacial score (nSPS) is 14.4. The van der Waals surface area contributed by atoms with E-state index in [9.17, 15) is 9.59 Å². The van der Waals surface area contributed by atoms with Crippen molar-refractivity contribution in [3.8, 4) is 0 Å². The second-order valence-corrected chi connectivity index (χ2v) is 5.75. The summed E-state index contributed by atoms with van der Waals surface area (Å²) in [4.78, 5) is 21.7. The van der Waals surface area contributed by atoms with Crippen LogP contribution in [0.1, 0.15) is 53.4 Å². The molecule has 4 heteroatoms. The first kappa shape index (κ1) is 18.4. The third-order valence-electron chi connectivity index (χ3n) is 3.20. The lowest BCUT2D eigenvalue weighted by atomic mass is 9.95. The van der Waals surface area contributed by atoms with Gasteiger partial charge in [0.15, 0.2) is 0 Å². The minimum Gasteiger partial charge on any atom is -0.478 e. The maximum absolute atomic E-state index is 11.1. The SMILES string of the molecule is CC(=C\C(=O)O)/C(=C/C[C@H](C)CCCC(C)C)C(=O)O. The Balaban J connectivity index is 4.56. The summed E-state index contributed by atoms with van der Waals surface area (Å²) in [5.74, 6) is -1.11. The van der Waals surface area contributed by atoms with Gasteiger partial charge in [-0.25, -0.2) is 9.59 Å². The molecule has 0 radical (unpaired) electrons. The minimum atomic E-state index is -1.13. The standard InChI is InChI=1S/C16H26O4/c1-11(2)6-5-7-12(3)8-9-14(16(19)20)13(4)10-15(17)18/h9-12H,5-8H2,1-4H3,(H,17,18)(H,19,20)/b13-10+,14-9-/t12-/m1/s1. The van der Waals surface area contributed by atoms with Crippen LogP contribution in [0.15, 0.2) is 23.3 Å². The third-order valence-corrected chi connectivity index (χ3v) is 3.20. The fourth-order valence-electron chi connectivity index (χ4n) is 1.99. The molecule has 0 saturated heterocycles. The summed E-state index contributed by atoms with van der Waals surface area (Å²) in [6.07, 6.45) is 6.60. The van der Waals surface area contributed by atoms with Crippen LogP contribution >= 0.6 is 0 Å². The van der Waals surface area contributed by atoms with Crippen LogP contribution in [0.3, 0.4) is 0 Å². The van der Waals surface area contributed by atoms with Gasteiger partial charge in [0, 0.05) is 6.08 Å². The van der Waals surface area contributed by atoms with Crippen molar-refractivity contribution in [2.24, 2.45) is 11.8 Å². The molecule has 0 heterocycles. The summed E-state index contributed by atoms with van der Waals surface area (Å²) in [6.45, 7) is 7.98. The van der Waals surface area contributed by atoms with Crippen LogP contribution in [0.2, 0.25) is 0 Å². The highest BCUT2D eigenvalue weighted by molar-refractivity contribution is 5.94. The largest absolute Gasteiger partial charge is 0.478 e. The smallest absolute Gasteiger partial charge is 0.335 e. The van der Waals surface area contributed by atoms with Crippen molar-refractivity contribution in [2.45, 2.75) is 53.4 Å². The summed E-state index contributed by atoms with van der Waals surface area (Å²) >= 11 is 0. The van der Waals surface area contributed by atoms with Crippen LogP contribution in [0.5, 0.6) is 0 Å². The molecule has 0 aromatic rings. The van der Waals surface area contributed by atoms with Crippen LogP contribution in [-0.2, 0) is 9.59 Å². The molecule has 0 saturated carbocycles. The minimum absolute atomic E-state index is 0.0862. The highest BCUT2D eigenvalue weighted by Gasteiger charge is 2.11. The Kier molecular flexibility index (Phi) is 8.61. The Hall–Kier alpha value is -1.58. The van der Waals surface area contributed by atoms with Gasteiger partial charge in [-0.15, -0.1) is 0 Å². The second kappa shape index (κ2) is 9.34. The number of aliphatic carboxylic acids is 2. The van der Waals surface area contributed by atoms with E-state index in [2.05, 4.69) is 20.8 Å². The molecule has 0 fully saturated rings. The van der Waals surface area contributed by atoms with E-state index in [4.69, 9.17) is 10.2 Å². The van der Waals surface area contributed by atoms with Gasteiger partial charge in [-0.2, -0.15) is 0 Å². The first-order valence-electron chi connectivity index (χ1n) is 7.09. The predicted molar refractivity (Wildman–Crippen MR) is 79.6 cm³/mol. The number of hydrogen-bond acceptors (Lipinski definition) is 2. The van der Waals surface area contributed by atoms with E-state index in [1.54, 1.807) is 6.08 Å². The molecule has 0 spiro atoms. The average molecular weight is 282 g/mol. The topological polar surface area (TPSA) is 74.6 Å². The number of allylic oxidation sites excluding steroid dienone is 1. The molecule has 114 valence electrons. The quantitative estimate of drug-likeness (QED) is 0.497. The van der Waals surface area contributed by atoms with Gasteiger partial charge in [0.05, 0.1) is 5.57 Å². The summed E-state index contributed by atoms with van der Waals surface area (Å²) in [5, 5.41) is 17.8. The Bertz CT molecular complexity index is 391. The van der Waals surface area contributed by atoms with Crippen LogP contribution in [-0.4, -0.2) is 22.2 Å². The van der Waals surface area contributed by atoms with Crippen molar-refractivity contribution >= 4 is 11.9 Å². The molecule has 0 aliphatic heterocycles. The zero-order valence-corrected chi connectivity index (χ0v) is 12.8. The van der Waals surface area contributed by atoms with Crippen LogP contribution in [0, 0.1) is 11.8 Å². The van der Waals surface area contributed by atoms with E-state index in [1.165, 1.54) is 13.3 Å². The number of carboxylic acids is 2. The molecular weight excluding hydrogens is 256 g/mol. The van der Waals surface area contributed by atoms with Crippen molar-refractivity contribution in [3.63, 3.8) is 0 Å². The maximum atomic E-state index is 11.1. The summed E-state index contributed by atoms with van der Waals surface area (Å²) in [6, 6.07) is 0. The first-order chi connectivity index (χ1) is 9.23. The molecule has 20 heavy (non-hydrogen) atoms. The summed E-state index contributed by atoms with van der Waals surface area (Å²) < 4.78 is 0. The van der Waals surface area contributed by atoms with Gasteiger partial charge in [-0.1, -0.05) is 46.1 Å². The third kappa shape index (κ3) is 8.51. The lowest BCUT2D eigenvalue weighted by molar-refractivity contribution is -0.132. The van der Waals surface area contributed by atoms with E-state index in [-0.39, 0.29) is 11.1 Å². The van der Waals surface area contributed by atoms with Crippen LogP contribution < -0.4 is 0 Å². The fraction of sp³-hybridized carbons (Fsp3) is 0.625. The molecule has 0 aromatic heterocycles. The van der Waals surface area contributed by atoms with Crippen molar-refractivity contribution in [3.05, 3.63) is 23.3 Å². The van der Waals surface area contributed by atoms with Gasteiger partial charge in [0.2, 0.25) is 0 Å². The molecule has 0 bridgehead atoms. The zero-order valence-electron chi connectivity index (χ0n) is 12.8. The van der Waals surface area contributed by atoms with Crippen molar-refractivity contribution < 1.29 is 19.8 Å². The van der Waals surface area contributed by atoms with Gasteiger partial charge >= 0.3 is 11.9 Å². The molecular formula is C16H26O4. The highest BCUT2D eigenvalue weighted by Crippen LogP contribution is 2.18. The Morgan fingerprint density at radius 3 is 2.15 bits per heavy atom. The van der Waals surface area contributed by atoms with Gasteiger partial charge in [-0.05, 0) is 30.8 Å². The molecule has 0 rings (SSSR count). The van der Waals surface area contributed by atoms with Crippen molar-refractivity contribution in [2.75, 3.05) is 0 Å². The Morgan fingerprint density at radius 2 is 1.70 bits per heavy atom. The summed E-state index contributed by atoms with van der Waals surface area (Å²) in [7, 11) is 0. The Labute approximate surface area is 121 Å². The van der Waals surface area contributed by atoms with E-state index < -0.39 is 11.9 Å². The van der Waals surface area contributed by atoms with Gasteiger partial charge in [-0.3, -0.25) is 0 Å². The number of carbonyl (C=O) groups is 2. The second-order valence-electron chi connectivity index (χ2n) is 5.75. The lowest BCUT2D eigenvalue weighted by Crippen LogP contribution is -2.05. The number of hydrogen-bond donors (Lipinski definition) is 2. The highest BCUT2D eigenvalue weighted by atomic mass is 16.4. The van der Waals surface area contributed by atoms with E-state index in [1.807, 2.05) is 0 Å². The average Bonchev–Trinajstić information content (AvgIpc) is 2.26. The first-order valence-corrected chi connectivity index (χ1v) is 7.09. The summed E-state index contributed by atoms with van der Waals surface area (Å²) in [5.41, 5.74) is 0.363. The molecule has 2 N–H and O–H groups in total. The van der Waals surface area contributed by atoms with Gasteiger partial charge in [0.1, 0.15) is 0 Å². The van der Waals surface area contributed by atoms with Gasteiger partial charge < -0.3 is 10.2 Å². The van der Waals surface area contributed by atoms with Gasteiger partial charge in [0.25, 0.3) is 0 Å². The van der Waals surface area contributed by atoms with Crippen LogP contribution in [0.25, 0.3) is 0 Å². The predicted octanol–water partition coefficient (Wildman–Crippen LogP) is 3.88. The monoisotopic (exact) mass is 282 g/mol. The molecule has 0 aliphatic carbocycles. The molecule has 1 atom stereocenters. The van der Waals surface area contributed by atoms with E-state index >= 15 is 0 Å². The van der Waals surface area contributed by atoms with Crippen molar-refractivity contribution in [1.29, 1.82) is 0 Å². The zero-order chi connectivity index (χ0) is 15.7. The Morgan fingerprint density at radius 1 is 1.10 bits per heavy atom. The molecule has 0 amide bonds.